The molecule has 0 aromatic rings. The third-order valence-corrected chi connectivity index (χ3v) is 8.66. The first-order valence-electron chi connectivity index (χ1n) is 12.6. The van der Waals surface area contributed by atoms with Gasteiger partial charge in [0, 0.05) is 0 Å². The van der Waals surface area contributed by atoms with Gasteiger partial charge in [0.2, 0.25) is 0 Å². The maximum Gasteiger partial charge on any atom is -0.0134 e. The lowest BCUT2D eigenvalue weighted by Gasteiger charge is -2.41. The Bertz CT molecular complexity index is 529. The van der Waals surface area contributed by atoms with E-state index in [1.807, 2.05) is 0 Å². The highest BCUT2D eigenvalue weighted by atomic mass is 14.5. The van der Waals surface area contributed by atoms with Gasteiger partial charge in [-0.2, -0.15) is 0 Å². The quantitative estimate of drug-likeness (QED) is 0.348. The molecular weight excluding hydrogens is 336 g/mol. The van der Waals surface area contributed by atoms with Gasteiger partial charge in [0.15, 0.2) is 0 Å². The van der Waals surface area contributed by atoms with Gasteiger partial charge in [-0.1, -0.05) is 104 Å². The van der Waals surface area contributed by atoms with E-state index in [0.29, 0.717) is 10.8 Å². The van der Waals surface area contributed by atoms with Crippen LogP contribution in [0.25, 0.3) is 0 Å². The van der Waals surface area contributed by atoms with Crippen LogP contribution in [0.1, 0.15) is 112 Å². The molecule has 5 atom stereocenters. The molecule has 0 aromatic heterocycles. The Morgan fingerprint density at radius 1 is 0.750 bits per heavy atom. The predicted octanol–water partition coefficient (Wildman–Crippen LogP) is 8.97. The average molecular weight is 385 g/mol. The second kappa shape index (κ2) is 9.53. The molecule has 0 spiro atoms. The molecule has 0 N–H and O–H groups in total. The van der Waals surface area contributed by atoms with E-state index >= 15 is 0 Å². The molecule has 0 aromatic carbocycles. The van der Waals surface area contributed by atoms with E-state index in [1.165, 1.54) is 77.0 Å². The summed E-state index contributed by atoms with van der Waals surface area (Å²) in [5.41, 5.74) is 1.05. The van der Waals surface area contributed by atoms with Gasteiger partial charge in [-0.15, -0.1) is 0 Å². The molecule has 0 aliphatic heterocycles. The number of hydrogen-bond acceptors (Lipinski definition) is 0. The summed E-state index contributed by atoms with van der Waals surface area (Å²) in [5.74, 6) is 4.56. The summed E-state index contributed by atoms with van der Waals surface area (Å²) >= 11 is 0. The van der Waals surface area contributed by atoms with Crippen LogP contribution in [0.4, 0.5) is 0 Å². The molecular formula is C28H48. The van der Waals surface area contributed by atoms with Crippen molar-refractivity contribution in [2.24, 2.45) is 40.4 Å². The average Bonchev–Trinajstić information content (AvgIpc) is 3.27. The summed E-state index contributed by atoms with van der Waals surface area (Å²) in [5, 5.41) is 0. The zero-order chi connectivity index (χ0) is 20.2. The molecule has 0 amide bonds. The number of unbranched alkanes of at least 4 members (excludes halogenated alkanes) is 4. The molecule has 2 saturated carbocycles. The van der Waals surface area contributed by atoms with E-state index in [2.05, 4.69) is 58.9 Å². The number of fused-ring (bicyclic) bond motifs is 1. The van der Waals surface area contributed by atoms with Crippen LogP contribution in [-0.2, 0) is 0 Å². The SMILES string of the molecule is CC(C)(C)CCCCCCCC1CCC(C(C)(C)C2CCC3C=CC=CC32)C1. The van der Waals surface area contributed by atoms with Crippen LogP contribution >= 0.6 is 0 Å². The van der Waals surface area contributed by atoms with E-state index in [1.54, 1.807) is 0 Å². The first-order valence-corrected chi connectivity index (χ1v) is 12.6. The van der Waals surface area contributed by atoms with E-state index in [4.69, 9.17) is 0 Å². The van der Waals surface area contributed by atoms with Crippen molar-refractivity contribution in [3.63, 3.8) is 0 Å². The zero-order valence-electron chi connectivity index (χ0n) is 19.7. The Morgan fingerprint density at radius 3 is 2.25 bits per heavy atom. The molecule has 3 aliphatic carbocycles. The zero-order valence-corrected chi connectivity index (χ0v) is 19.7. The maximum absolute atomic E-state index is 2.62. The molecule has 0 nitrogen and oxygen atoms in total. The summed E-state index contributed by atoms with van der Waals surface area (Å²) in [4.78, 5) is 0. The molecule has 28 heavy (non-hydrogen) atoms. The fourth-order valence-electron chi connectivity index (χ4n) is 6.76. The molecule has 0 heterocycles. The number of allylic oxidation sites excluding steroid dienone is 4. The van der Waals surface area contributed by atoms with Crippen LogP contribution in [0.3, 0.4) is 0 Å². The molecule has 0 saturated heterocycles. The molecule has 3 rings (SSSR count). The molecule has 0 radical (unpaired) electrons. The van der Waals surface area contributed by atoms with Crippen molar-refractivity contribution >= 4 is 0 Å². The number of rotatable bonds is 9. The van der Waals surface area contributed by atoms with Crippen LogP contribution in [0, 0.1) is 40.4 Å². The smallest absolute Gasteiger partial charge is 0.0134 e. The minimum Gasteiger partial charge on any atom is -0.0808 e. The van der Waals surface area contributed by atoms with Crippen molar-refractivity contribution < 1.29 is 0 Å². The van der Waals surface area contributed by atoms with E-state index < -0.39 is 0 Å². The minimum absolute atomic E-state index is 0.523. The minimum atomic E-state index is 0.523. The highest BCUT2D eigenvalue weighted by molar-refractivity contribution is 5.18. The Kier molecular flexibility index (Phi) is 7.54. The van der Waals surface area contributed by atoms with E-state index in [0.717, 1.165) is 29.6 Å². The largest absolute Gasteiger partial charge is 0.0808 e. The first-order chi connectivity index (χ1) is 13.3. The first kappa shape index (κ1) is 22.2. The van der Waals surface area contributed by atoms with Crippen molar-refractivity contribution in [2.75, 3.05) is 0 Å². The van der Waals surface area contributed by atoms with Crippen LogP contribution in [-0.4, -0.2) is 0 Å². The number of hydrogen-bond donors (Lipinski definition) is 0. The topological polar surface area (TPSA) is 0 Å². The Balaban J connectivity index is 1.36. The lowest BCUT2D eigenvalue weighted by molar-refractivity contribution is 0.0927. The lowest BCUT2D eigenvalue weighted by atomic mass is 9.64. The van der Waals surface area contributed by atoms with Crippen LogP contribution in [0.15, 0.2) is 24.3 Å². The third-order valence-electron chi connectivity index (χ3n) is 8.66. The van der Waals surface area contributed by atoms with Gasteiger partial charge in [0.05, 0.1) is 0 Å². The van der Waals surface area contributed by atoms with Crippen molar-refractivity contribution in [2.45, 2.75) is 112 Å². The summed E-state index contributed by atoms with van der Waals surface area (Å²) in [6.45, 7) is 12.4. The lowest BCUT2D eigenvalue weighted by Crippen LogP contribution is -2.34. The highest BCUT2D eigenvalue weighted by Gasteiger charge is 2.47. The third kappa shape index (κ3) is 5.76. The molecule has 0 bridgehead atoms. The van der Waals surface area contributed by atoms with Crippen LogP contribution in [0.2, 0.25) is 0 Å². The second-order valence-corrected chi connectivity index (χ2v) is 12.3. The predicted molar refractivity (Wildman–Crippen MR) is 124 cm³/mol. The van der Waals surface area contributed by atoms with Gasteiger partial charge in [-0.25, -0.2) is 0 Å². The normalized spacial score (nSPS) is 32.8. The summed E-state index contributed by atoms with van der Waals surface area (Å²) in [6.07, 6.45) is 27.2. The molecule has 2 fully saturated rings. The summed E-state index contributed by atoms with van der Waals surface area (Å²) in [6, 6.07) is 0. The van der Waals surface area contributed by atoms with E-state index in [-0.39, 0.29) is 0 Å². The Hall–Kier alpha value is -0.520. The van der Waals surface area contributed by atoms with Crippen molar-refractivity contribution in [1.82, 2.24) is 0 Å². The van der Waals surface area contributed by atoms with Gasteiger partial charge in [-0.05, 0) is 72.5 Å². The highest BCUT2D eigenvalue weighted by Crippen LogP contribution is 2.56. The van der Waals surface area contributed by atoms with Gasteiger partial charge in [0.25, 0.3) is 0 Å². The fraction of sp³-hybridized carbons (Fsp3) is 0.857. The molecule has 5 unspecified atom stereocenters. The van der Waals surface area contributed by atoms with Crippen molar-refractivity contribution in [3.8, 4) is 0 Å². The Morgan fingerprint density at radius 2 is 1.46 bits per heavy atom. The molecule has 0 heteroatoms. The molecule has 3 aliphatic rings. The van der Waals surface area contributed by atoms with Gasteiger partial charge >= 0.3 is 0 Å². The monoisotopic (exact) mass is 384 g/mol. The molecule has 160 valence electrons. The summed E-state index contributed by atoms with van der Waals surface area (Å²) < 4.78 is 0. The van der Waals surface area contributed by atoms with Crippen molar-refractivity contribution in [1.29, 1.82) is 0 Å². The van der Waals surface area contributed by atoms with Gasteiger partial charge in [0.1, 0.15) is 0 Å². The fourth-order valence-corrected chi connectivity index (χ4v) is 6.76. The second-order valence-electron chi connectivity index (χ2n) is 12.3. The van der Waals surface area contributed by atoms with Gasteiger partial charge < -0.3 is 0 Å². The van der Waals surface area contributed by atoms with Crippen LogP contribution in [0.5, 0.6) is 0 Å². The Labute approximate surface area is 176 Å². The van der Waals surface area contributed by atoms with Crippen LogP contribution < -0.4 is 0 Å². The standard InChI is InChI=1S/C28H48/c1-27(2,3)20-12-8-6-7-9-13-22-16-18-24(21-22)28(4,5)26-19-17-23-14-10-11-15-25(23)26/h10-11,14-15,22-26H,6-9,12-13,16-21H2,1-5H3. The van der Waals surface area contributed by atoms with E-state index in [9.17, 15) is 0 Å². The van der Waals surface area contributed by atoms with Gasteiger partial charge in [-0.3, -0.25) is 0 Å². The summed E-state index contributed by atoms with van der Waals surface area (Å²) in [7, 11) is 0. The van der Waals surface area contributed by atoms with Crippen molar-refractivity contribution in [3.05, 3.63) is 24.3 Å². The maximum atomic E-state index is 2.62.